The monoisotopic (exact) mass is 176 g/mol. The van der Waals surface area contributed by atoms with Gasteiger partial charge in [0.15, 0.2) is 0 Å². The lowest BCUT2D eigenvalue weighted by Gasteiger charge is -2.04. The Labute approximate surface area is 76.9 Å². The number of pyridine rings is 1. The highest BCUT2D eigenvalue weighted by molar-refractivity contribution is 5.75. The Kier molecular flexibility index (Phi) is 1.93. The van der Waals surface area contributed by atoms with Gasteiger partial charge in [-0.1, -0.05) is 0 Å². The van der Waals surface area contributed by atoms with Gasteiger partial charge >= 0.3 is 0 Å². The van der Waals surface area contributed by atoms with Gasteiger partial charge in [-0.2, -0.15) is 4.73 Å². The summed E-state index contributed by atoms with van der Waals surface area (Å²) >= 11 is 0. The van der Waals surface area contributed by atoms with E-state index in [1.807, 2.05) is 32.3 Å². The summed E-state index contributed by atoms with van der Waals surface area (Å²) in [5.74, 6) is 0. The number of aromatic nitrogens is 2. The molecule has 0 radical (unpaired) electrons. The summed E-state index contributed by atoms with van der Waals surface area (Å²) in [6.45, 7) is 4.66. The van der Waals surface area contributed by atoms with Gasteiger partial charge in [0.1, 0.15) is 12.1 Å². The molecule has 0 fully saturated rings. The van der Waals surface area contributed by atoms with E-state index in [1.54, 1.807) is 4.73 Å². The molecule has 0 N–H and O–H groups in total. The van der Waals surface area contributed by atoms with Gasteiger partial charge in [-0.15, -0.1) is 0 Å². The summed E-state index contributed by atoms with van der Waals surface area (Å²) in [6, 6.07) is 4.02. The highest BCUT2D eigenvalue weighted by Gasteiger charge is 2.01. The Morgan fingerprint density at radius 2 is 2.38 bits per heavy atom. The van der Waals surface area contributed by atoms with Crippen molar-refractivity contribution in [2.24, 2.45) is 0 Å². The summed E-state index contributed by atoms with van der Waals surface area (Å²) in [5, 5.41) is 0. The average molecular weight is 176 g/mol. The standard InChI is InChI=1S/C10H12N2O/c1-3-13-12-5-4-9-10(12)6-8(2)7-11-9/h4-7H,3H2,1-2H3. The van der Waals surface area contributed by atoms with Crippen LogP contribution in [0.15, 0.2) is 24.5 Å². The van der Waals surface area contributed by atoms with Crippen LogP contribution in [0.3, 0.4) is 0 Å². The molecule has 0 saturated heterocycles. The molecule has 0 aliphatic heterocycles. The van der Waals surface area contributed by atoms with Gasteiger partial charge in [-0.25, -0.2) is 0 Å². The fraction of sp³-hybridized carbons (Fsp3) is 0.300. The fourth-order valence-electron chi connectivity index (χ4n) is 1.34. The molecular formula is C10H12N2O. The summed E-state index contributed by atoms with van der Waals surface area (Å²) in [4.78, 5) is 9.67. The Balaban J connectivity index is 2.58. The molecule has 0 bridgehead atoms. The maximum absolute atomic E-state index is 5.39. The largest absolute Gasteiger partial charge is 0.414 e. The molecule has 0 saturated carbocycles. The molecule has 68 valence electrons. The van der Waals surface area contributed by atoms with Crippen LogP contribution in [-0.2, 0) is 0 Å². The third-order valence-electron chi connectivity index (χ3n) is 1.91. The second kappa shape index (κ2) is 3.09. The molecule has 0 aliphatic carbocycles. The number of aryl methyl sites for hydroxylation is 1. The molecule has 0 spiro atoms. The summed E-state index contributed by atoms with van der Waals surface area (Å²) in [6.07, 6.45) is 3.75. The van der Waals surface area contributed by atoms with Crippen LogP contribution >= 0.6 is 0 Å². The van der Waals surface area contributed by atoms with Crippen molar-refractivity contribution in [3.05, 3.63) is 30.1 Å². The van der Waals surface area contributed by atoms with E-state index in [2.05, 4.69) is 11.1 Å². The van der Waals surface area contributed by atoms with Crippen LogP contribution in [0.25, 0.3) is 11.0 Å². The third-order valence-corrected chi connectivity index (χ3v) is 1.91. The van der Waals surface area contributed by atoms with Crippen LogP contribution in [0.1, 0.15) is 12.5 Å². The van der Waals surface area contributed by atoms with E-state index in [-0.39, 0.29) is 0 Å². The molecule has 2 rings (SSSR count). The zero-order chi connectivity index (χ0) is 9.26. The fourth-order valence-corrected chi connectivity index (χ4v) is 1.34. The zero-order valence-electron chi connectivity index (χ0n) is 7.82. The maximum atomic E-state index is 5.39. The van der Waals surface area contributed by atoms with Gasteiger partial charge in [0.05, 0.1) is 5.52 Å². The van der Waals surface area contributed by atoms with Crippen LogP contribution in [0.2, 0.25) is 0 Å². The first-order valence-corrected chi connectivity index (χ1v) is 4.38. The number of rotatable bonds is 2. The van der Waals surface area contributed by atoms with E-state index in [0.717, 1.165) is 16.6 Å². The lowest BCUT2D eigenvalue weighted by molar-refractivity contribution is 0.132. The highest BCUT2D eigenvalue weighted by atomic mass is 16.7. The van der Waals surface area contributed by atoms with Gasteiger partial charge in [0.2, 0.25) is 0 Å². The van der Waals surface area contributed by atoms with E-state index in [4.69, 9.17) is 4.84 Å². The van der Waals surface area contributed by atoms with Crippen molar-refractivity contribution in [2.75, 3.05) is 6.61 Å². The quantitative estimate of drug-likeness (QED) is 0.697. The van der Waals surface area contributed by atoms with E-state index in [0.29, 0.717) is 6.61 Å². The van der Waals surface area contributed by atoms with E-state index in [1.165, 1.54) is 0 Å². The lowest BCUT2D eigenvalue weighted by Crippen LogP contribution is -2.08. The summed E-state index contributed by atoms with van der Waals surface area (Å²) in [5.41, 5.74) is 3.15. The average Bonchev–Trinajstić information content (AvgIpc) is 2.49. The van der Waals surface area contributed by atoms with Gasteiger partial charge in [0, 0.05) is 12.4 Å². The molecule has 0 unspecified atom stereocenters. The molecule has 0 atom stereocenters. The van der Waals surface area contributed by atoms with Crippen molar-refractivity contribution in [1.29, 1.82) is 0 Å². The number of fused-ring (bicyclic) bond motifs is 1. The molecule has 2 heterocycles. The van der Waals surface area contributed by atoms with Crippen LogP contribution in [0.5, 0.6) is 0 Å². The van der Waals surface area contributed by atoms with Crippen molar-refractivity contribution in [1.82, 2.24) is 9.71 Å². The molecule has 0 aliphatic rings. The second-order valence-corrected chi connectivity index (χ2v) is 2.98. The number of hydrogen-bond donors (Lipinski definition) is 0. The Hall–Kier alpha value is -1.51. The van der Waals surface area contributed by atoms with E-state index >= 15 is 0 Å². The van der Waals surface area contributed by atoms with Crippen LogP contribution in [0.4, 0.5) is 0 Å². The van der Waals surface area contributed by atoms with Gasteiger partial charge < -0.3 is 4.84 Å². The minimum Gasteiger partial charge on any atom is -0.414 e. The molecular weight excluding hydrogens is 164 g/mol. The third kappa shape index (κ3) is 1.37. The van der Waals surface area contributed by atoms with Crippen LogP contribution in [0, 0.1) is 6.92 Å². The molecule has 3 heteroatoms. The molecule has 0 aromatic carbocycles. The van der Waals surface area contributed by atoms with Crippen LogP contribution in [-0.4, -0.2) is 16.3 Å². The number of hydrogen-bond acceptors (Lipinski definition) is 2. The van der Waals surface area contributed by atoms with Gasteiger partial charge in [-0.3, -0.25) is 4.98 Å². The second-order valence-electron chi connectivity index (χ2n) is 2.98. The first-order valence-electron chi connectivity index (χ1n) is 4.38. The molecule has 0 amide bonds. The van der Waals surface area contributed by atoms with Crippen molar-refractivity contribution < 1.29 is 4.84 Å². The SMILES string of the molecule is CCOn1ccc2ncc(C)cc21. The maximum Gasteiger partial charge on any atom is 0.112 e. The molecule has 13 heavy (non-hydrogen) atoms. The van der Waals surface area contributed by atoms with Crippen molar-refractivity contribution in [3.63, 3.8) is 0 Å². The Morgan fingerprint density at radius 3 is 3.15 bits per heavy atom. The van der Waals surface area contributed by atoms with Gasteiger partial charge in [0.25, 0.3) is 0 Å². The minimum atomic E-state index is 0.664. The Bertz CT molecular complexity index is 420. The first kappa shape index (κ1) is 8.10. The molecule has 3 nitrogen and oxygen atoms in total. The van der Waals surface area contributed by atoms with Crippen molar-refractivity contribution >= 4 is 11.0 Å². The highest BCUT2D eigenvalue weighted by Crippen LogP contribution is 2.12. The minimum absolute atomic E-state index is 0.664. The first-order chi connectivity index (χ1) is 6.31. The summed E-state index contributed by atoms with van der Waals surface area (Å²) < 4.78 is 1.76. The van der Waals surface area contributed by atoms with E-state index < -0.39 is 0 Å². The van der Waals surface area contributed by atoms with Crippen LogP contribution < -0.4 is 4.84 Å². The predicted molar refractivity (Wildman–Crippen MR) is 51.6 cm³/mol. The van der Waals surface area contributed by atoms with Crippen molar-refractivity contribution in [2.45, 2.75) is 13.8 Å². The predicted octanol–water partition coefficient (Wildman–Crippen LogP) is 1.79. The van der Waals surface area contributed by atoms with Gasteiger partial charge in [-0.05, 0) is 31.5 Å². The van der Waals surface area contributed by atoms with Crippen molar-refractivity contribution in [3.8, 4) is 0 Å². The normalized spacial score (nSPS) is 10.6. The topological polar surface area (TPSA) is 27.1 Å². The Morgan fingerprint density at radius 1 is 1.54 bits per heavy atom. The van der Waals surface area contributed by atoms with E-state index in [9.17, 15) is 0 Å². The lowest BCUT2D eigenvalue weighted by atomic mass is 10.3. The summed E-state index contributed by atoms with van der Waals surface area (Å²) in [7, 11) is 0. The number of nitrogens with zero attached hydrogens (tertiary/aromatic N) is 2. The smallest absolute Gasteiger partial charge is 0.112 e. The molecule has 2 aromatic rings. The zero-order valence-corrected chi connectivity index (χ0v) is 7.82. The molecule has 2 aromatic heterocycles.